The Labute approximate surface area is 298 Å². The number of ether oxygens (including phenoxy) is 2. The van der Waals surface area contributed by atoms with Crippen molar-refractivity contribution in [2.45, 2.75) is 76.5 Å². The van der Waals surface area contributed by atoms with E-state index in [2.05, 4.69) is 16.3 Å². The highest BCUT2D eigenvalue weighted by Gasteiger charge is 2.40. The van der Waals surface area contributed by atoms with Crippen molar-refractivity contribution in [3.8, 4) is 0 Å². The van der Waals surface area contributed by atoms with Crippen LogP contribution in [0.1, 0.15) is 85.5 Å². The molecule has 3 amide bonds. The molecule has 3 aliphatic heterocycles. The number of hydrogen-bond donors (Lipinski definition) is 1. The highest BCUT2D eigenvalue weighted by atomic mass is 35.5. The average molecular weight is 705 g/mol. The van der Waals surface area contributed by atoms with Crippen molar-refractivity contribution in [2.24, 2.45) is 0 Å². The number of nitrogens with one attached hydrogen (secondary N) is 1. The summed E-state index contributed by atoms with van der Waals surface area (Å²) in [7, 11) is 1.75. The number of amides is 3. The largest absolute Gasteiger partial charge is 0.456 e. The summed E-state index contributed by atoms with van der Waals surface area (Å²) >= 11 is 6.11. The van der Waals surface area contributed by atoms with Crippen LogP contribution in [-0.2, 0) is 20.7 Å². The van der Waals surface area contributed by atoms with E-state index in [1.165, 1.54) is 6.07 Å². The number of methoxy groups -OCH3 is 1. The predicted molar refractivity (Wildman–Crippen MR) is 192 cm³/mol. The number of urea groups is 1. The van der Waals surface area contributed by atoms with Crippen LogP contribution in [0.2, 0.25) is 5.02 Å². The molecule has 3 heterocycles. The summed E-state index contributed by atoms with van der Waals surface area (Å²) in [5.41, 5.74) is 3.66. The first kappa shape index (κ1) is 35.7. The van der Waals surface area contributed by atoms with Gasteiger partial charge in [-0.15, -0.1) is 0 Å². The Bertz CT molecular complexity index is 1720. The van der Waals surface area contributed by atoms with E-state index in [0.29, 0.717) is 49.3 Å². The zero-order valence-corrected chi connectivity index (χ0v) is 30.0. The smallest absolute Gasteiger partial charge is 0.338 e. The number of benzene rings is 3. The molecule has 2 saturated heterocycles. The number of nitrogens with zero attached hydrogens (tertiary/aromatic N) is 3. The second kappa shape index (κ2) is 15.0. The molecule has 3 aromatic rings. The van der Waals surface area contributed by atoms with E-state index >= 15 is 4.39 Å². The Hall–Kier alpha value is -4.15. The molecule has 0 radical (unpaired) electrons. The number of halogens is 2. The molecule has 266 valence electrons. The van der Waals surface area contributed by atoms with Crippen molar-refractivity contribution in [3.05, 3.63) is 93.8 Å². The summed E-state index contributed by atoms with van der Waals surface area (Å²) in [5.74, 6) is -1.46. The maximum Gasteiger partial charge on any atom is 0.338 e. The fourth-order valence-corrected chi connectivity index (χ4v) is 7.61. The molecule has 0 aromatic heterocycles. The van der Waals surface area contributed by atoms with Gasteiger partial charge in [-0.3, -0.25) is 4.79 Å². The van der Waals surface area contributed by atoms with Crippen LogP contribution < -0.4 is 10.2 Å². The number of carbonyl (C=O) groups excluding carboxylic acids is 3. The topological polar surface area (TPSA) is 91.4 Å². The van der Waals surface area contributed by atoms with Gasteiger partial charge < -0.3 is 29.5 Å². The van der Waals surface area contributed by atoms with Crippen molar-refractivity contribution < 1.29 is 28.2 Å². The van der Waals surface area contributed by atoms with E-state index in [4.69, 9.17) is 21.1 Å². The van der Waals surface area contributed by atoms with Gasteiger partial charge in [0.05, 0.1) is 16.7 Å². The Morgan fingerprint density at radius 1 is 0.900 bits per heavy atom. The molecular weight excluding hydrogens is 659 g/mol. The molecule has 6 rings (SSSR count). The van der Waals surface area contributed by atoms with Gasteiger partial charge in [-0.2, -0.15) is 0 Å². The number of rotatable bonds is 6. The Kier molecular flexibility index (Phi) is 10.7. The van der Waals surface area contributed by atoms with E-state index in [-0.39, 0.29) is 29.0 Å². The summed E-state index contributed by atoms with van der Waals surface area (Å²) in [6.45, 7) is 8.29. The van der Waals surface area contributed by atoms with Crippen LogP contribution in [0.4, 0.5) is 20.6 Å². The van der Waals surface area contributed by atoms with Gasteiger partial charge in [0.15, 0.2) is 0 Å². The molecule has 0 aliphatic carbocycles. The van der Waals surface area contributed by atoms with Gasteiger partial charge in [-0.1, -0.05) is 35.9 Å². The van der Waals surface area contributed by atoms with Crippen molar-refractivity contribution in [1.29, 1.82) is 0 Å². The van der Waals surface area contributed by atoms with Gasteiger partial charge in [-0.25, -0.2) is 14.0 Å². The van der Waals surface area contributed by atoms with Crippen molar-refractivity contribution in [2.75, 3.05) is 50.1 Å². The van der Waals surface area contributed by atoms with Crippen LogP contribution in [0.15, 0.2) is 60.7 Å². The van der Waals surface area contributed by atoms with Gasteiger partial charge in [-0.05, 0) is 106 Å². The van der Waals surface area contributed by atoms with Crippen LogP contribution in [0.25, 0.3) is 0 Å². The van der Waals surface area contributed by atoms with Crippen molar-refractivity contribution in [1.82, 2.24) is 9.80 Å². The highest BCUT2D eigenvalue weighted by Crippen LogP contribution is 2.39. The van der Waals surface area contributed by atoms with Crippen molar-refractivity contribution in [3.63, 3.8) is 0 Å². The SMILES string of the molecule is COC1CCN(c2cccc3c2CCN(C(=O)N2CCCC(c4cccc(Cl)c4F)C2)C3C(=O)Nc2ccc(C(=O)OC(C)(C)C)cc2)CC1. The molecular formula is C39H46ClFN4O5. The second-order valence-corrected chi connectivity index (χ2v) is 14.8. The molecule has 2 fully saturated rings. The highest BCUT2D eigenvalue weighted by molar-refractivity contribution is 6.30. The number of fused-ring (bicyclic) bond motifs is 1. The molecule has 2 atom stereocenters. The third kappa shape index (κ3) is 7.76. The lowest BCUT2D eigenvalue weighted by Crippen LogP contribution is -2.53. The Balaban J connectivity index is 1.28. The van der Waals surface area contributed by atoms with E-state index in [9.17, 15) is 14.4 Å². The van der Waals surface area contributed by atoms with Crippen LogP contribution in [0.3, 0.4) is 0 Å². The van der Waals surface area contributed by atoms with Crippen LogP contribution >= 0.6 is 11.6 Å². The molecule has 11 heteroatoms. The number of hydrogen-bond acceptors (Lipinski definition) is 6. The van der Waals surface area contributed by atoms with Gasteiger partial charge >= 0.3 is 12.0 Å². The maximum absolute atomic E-state index is 15.0. The molecule has 2 unspecified atom stereocenters. The van der Waals surface area contributed by atoms with Crippen molar-refractivity contribution >= 4 is 40.9 Å². The van der Waals surface area contributed by atoms with E-state index in [1.54, 1.807) is 74.1 Å². The molecule has 50 heavy (non-hydrogen) atoms. The first-order valence-electron chi connectivity index (χ1n) is 17.5. The van der Waals surface area contributed by atoms with Crippen LogP contribution in [0, 0.1) is 5.82 Å². The summed E-state index contributed by atoms with van der Waals surface area (Å²) in [4.78, 5) is 47.1. The zero-order valence-electron chi connectivity index (χ0n) is 29.2. The molecule has 0 spiro atoms. The average Bonchev–Trinajstić information content (AvgIpc) is 3.11. The summed E-state index contributed by atoms with van der Waals surface area (Å²) < 4.78 is 26.1. The quantitative estimate of drug-likeness (QED) is 0.266. The number of esters is 1. The zero-order chi connectivity index (χ0) is 35.6. The minimum Gasteiger partial charge on any atom is -0.456 e. The minimum atomic E-state index is -0.906. The molecule has 3 aromatic carbocycles. The van der Waals surface area contributed by atoms with Crippen LogP contribution in [-0.4, -0.2) is 79.2 Å². The normalized spacial score (nSPS) is 19.9. The lowest BCUT2D eigenvalue weighted by molar-refractivity contribution is -0.121. The van der Waals surface area contributed by atoms with E-state index in [1.807, 2.05) is 12.1 Å². The van der Waals surface area contributed by atoms with Gasteiger partial charge in [0.2, 0.25) is 0 Å². The monoisotopic (exact) mass is 704 g/mol. The lowest BCUT2D eigenvalue weighted by atomic mass is 9.88. The second-order valence-electron chi connectivity index (χ2n) is 14.4. The molecule has 0 saturated carbocycles. The van der Waals surface area contributed by atoms with Crippen LogP contribution in [0.5, 0.6) is 0 Å². The molecule has 1 N–H and O–H groups in total. The third-order valence-corrected chi connectivity index (χ3v) is 10.2. The number of anilines is 2. The summed E-state index contributed by atoms with van der Waals surface area (Å²) in [6.07, 6.45) is 4.09. The van der Waals surface area contributed by atoms with E-state index in [0.717, 1.165) is 49.2 Å². The summed E-state index contributed by atoms with van der Waals surface area (Å²) in [6, 6.07) is 16.4. The molecule has 3 aliphatic rings. The fourth-order valence-electron chi connectivity index (χ4n) is 7.43. The first-order chi connectivity index (χ1) is 23.9. The van der Waals surface area contributed by atoms with Gasteiger partial charge in [0.25, 0.3) is 5.91 Å². The number of piperidine rings is 2. The summed E-state index contributed by atoms with van der Waals surface area (Å²) in [5, 5.41) is 3.08. The molecule has 0 bridgehead atoms. The number of carbonyl (C=O) groups is 3. The van der Waals surface area contributed by atoms with Gasteiger partial charge in [0, 0.05) is 57.1 Å². The predicted octanol–water partition coefficient (Wildman–Crippen LogP) is 7.59. The molecule has 9 nitrogen and oxygen atoms in total. The number of likely N-dealkylation sites (tertiary alicyclic amines) is 1. The standard InChI is InChI=1S/C39H46ClFN4O5/c1-39(2,3)50-37(47)25-13-15-27(16-14-25)42-36(46)35-31-10-6-12-33(43-21-17-28(49-4)18-22-43)30(31)19-23-45(35)38(48)44-20-7-8-26(24-44)29-9-5-11-32(40)34(29)41/h5-6,9-16,26,28,35H,7-8,17-24H2,1-4H3,(H,42,46). The Morgan fingerprint density at radius 3 is 2.30 bits per heavy atom. The maximum atomic E-state index is 15.0. The fraction of sp³-hybridized carbons (Fsp3) is 0.462. The third-order valence-electron chi connectivity index (χ3n) is 9.91. The minimum absolute atomic E-state index is 0.0664. The Morgan fingerprint density at radius 2 is 1.60 bits per heavy atom. The first-order valence-corrected chi connectivity index (χ1v) is 17.8. The van der Waals surface area contributed by atoms with Gasteiger partial charge in [0.1, 0.15) is 17.5 Å². The lowest BCUT2D eigenvalue weighted by Gasteiger charge is -2.43. The van der Waals surface area contributed by atoms with E-state index < -0.39 is 23.4 Å².